The second kappa shape index (κ2) is 7.46. The molecular weight excluding hydrogens is 319 g/mol. The maximum absolute atomic E-state index is 12.8. The van der Waals surface area contributed by atoms with E-state index < -0.39 is 11.9 Å². The number of carbonyl (C=O) groups is 2. The van der Waals surface area contributed by atoms with Gasteiger partial charge in [0.1, 0.15) is 5.82 Å². The lowest BCUT2D eigenvalue weighted by Gasteiger charge is -2.10. The van der Waals surface area contributed by atoms with Gasteiger partial charge in [-0.2, -0.15) is 0 Å². The van der Waals surface area contributed by atoms with Crippen molar-refractivity contribution in [3.63, 3.8) is 0 Å². The van der Waals surface area contributed by atoms with E-state index in [9.17, 15) is 14.0 Å². The van der Waals surface area contributed by atoms with Crippen LogP contribution in [0.5, 0.6) is 0 Å². The Morgan fingerprint density at radius 3 is 2.39 bits per heavy atom. The quantitative estimate of drug-likeness (QED) is 0.668. The van der Waals surface area contributed by atoms with Crippen LogP contribution >= 0.6 is 12.2 Å². The topological polar surface area (TPSA) is 67.4 Å². The van der Waals surface area contributed by atoms with Crippen molar-refractivity contribution in [2.45, 2.75) is 0 Å². The Morgan fingerprint density at radius 2 is 1.74 bits per heavy atom. The van der Waals surface area contributed by atoms with Crippen molar-refractivity contribution in [1.29, 1.82) is 0 Å². The van der Waals surface area contributed by atoms with Crippen LogP contribution in [0.3, 0.4) is 0 Å². The zero-order chi connectivity index (χ0) is 16.8. The van der Waals surface area contributed by atoms with Crippen LogP contribution < -0.4 is 10.6 Å². The molecule has 1 amide bonds. The van der Waals surface area contributed by atoms with Gasteiger partial charge in [-0.3, -0.25) is 10.1 Å². The molecule has 23 heavy (non-hydrogen) atoms. The number of benzene rings is 2. The molecule has 0 aliphatic carbocycles. The third kappa shape index (κ3) is 4.58. The third-order valence-electron chi connectivity index (χ3n) is 2.88. The van der Waals surface area contributed by atoms with E-state index in [1.807, 2.05) is 0 Å². The molecule has 2 aromatic carbocycles. The van der Waals surface area contributed by atoms with Gasteiger partial charge in [-0.25, -0.2) is 9.18 Å². The minimum Gasteiger partial charge on any atom is -0.465 e. The highest BCUT2D eigenvalue weighted by molar-refractivity contribution is 7.80. The number of anilines is 1. The summed E-state index contributed by atoms with van der Waals surface area (Å²) in [6.07, 6.45) is 0. The normalized spacial score (nSPS) is 9.83. The average Bonchev–Trinajstić information content (AvgIpc) is 2.56. The van der Waals surface area contributed by atoms with E-state index in [-0.39, 0.29) is 22.1 Å². The van der Waals surface area contributed by atoms with Crippen molar-refractivity contribution in [3.8, 4) is 0 Å². The Labute approximate surface area is 137 Å². The Balaban J connectivity index is 2.02. The maximum atomic E-state index is 12.8. The summed E-state index contributed by atoms with van der Waals surface area (Å²) >= 11 is 5.02. The maximum Gasteiger partial charge on any atom is 0.337 e. The molecule has 0 saturated carbocycles. The Bertz CT molecular complexity index is 747. The van der Waals surface area contributed by atoms with E-state index in [1.165, 1.54) is 43.5 Å². The Kier molecular flexibility index (Phi) is 5.37. The van der Waals surface area contributed by atoms with Gasteiger partial charge in [0.05, 0.1) is 12.7 Å². The lowest BCUT2D eigenvalue weighted by Crippen LogP contribution is -2.34. The minimum absolute atomic E-state index is 0.0603. The van der Waals surface area contributed by atoms with Crippen molar-refractivity contribution in [2.75, 3.05) is 12.4 Å². The first kappa shape index (κ1) is 16.6. The van der Waals surface area contributed by atoms with Crippen LogP contribution in [0.15, 0.2) is 48.5 Å². The van der Waals surface area contributed by atoms with E-state index in [2.05, 4.69) is 15.4 Å². The number of methoxy groups -OCH3 is 1. The molecule has 0 aromatic heterocycles. The molecule has 0 unspecified atom stereocenters. The molecule has 2 rings (SSSR count). The number of nitrogens with one attached hydrogen (secondary N) is 2. The fraction of sp³-hybridized carbons (Fsp3) is 0.0625. The summed E-state index contributed by atoms with van der Waals surface area (Å²) in [4.78, 5) is 23.6. The van der Waals surface area contributed by atoms with Crippen molar-refractivity contribution in [1.82, 2.24) is 5.32 Å². The number of halogens is 1. The summed E-state index contributed by atoms with van der Waals surface area (Å²) in [5.74, 6) is -1.38. The van der Waals surface area contributed by atoms with Gasteiger partial charge in [0.2, 0.25) is 0 Å². The first-order chi connectivity index (χ1) is 11.0. The van der Waals surface area contributed by atoms with Crippen LogP contribution in [-0.4, -0.2) is 24.1 Å². The molecule has 118 valence electrons. The molecule has 0 aliphatic rings. The standard InChI is InChI=1S/C16H13FN2O3S/c1-22-15(21)11-4-2-3-10(9-11)14(20)19-16(23)18-13-7-5-12(17)6-8-13/h2-9H,1H3,(H2,18,19,20,23). The van der Waals surface area contributed by atoms with E-state index in [4.69, 9.17) is 12.2 Å². The zero-order valence-electron chi connectivity index (χ0n) is 12.1. The molecule has 2 N–H and O–H groups in total. The van der Waals surface area contributed by atoms with Gasteiger partial charge in [0, 0.05) is 11.3 Å². The molecule has 0 aliphatic heterocycles. The molecule has 0 saturated heterocycles. The van der Waals surface area contributed by atoms with Crippen LogP contribution in [0.25, 0.3) is 0 Å². The summed E-state index contributed by atoms with van der Waals surface area (Å²) in [6.45, 7) is 0. The van der Waals surface area contributed by atoms with Crippen LogP contribution in [0.4, 0.5) is 10.1 Å². The highest BCUT2D eigenvalue weighted by Crippen LogP contribution is 2.09. The highest BCUT2D eigenvalue weighted by atomic mass is 32.1. The van der Waals surface area contributed by atoms with Gasteiger partial charge >= 0.3 is 5.97 Å². The van der Waals surface area contributed by atoms with Crippen molar-refractivity contribution < 1.29 is 18.7 Å². The van der Waals surface area contributed by atoms with Gasteiger partial charge in [-0.15, -0.1) is 0 Å². The summed E-state index contributed by atoms with van der Waals surface area (Å²) in [7, 11) is 1.26. The second-order valence-electron chi connectivity index (χ2n) is 4.49. The lowest BCUT2D eigenvalue weighted by atomic mass is 10.1. The van der Waals surface area contributed by atoms with Crippen molar-refractivity contribution in [3.05, 3.63) is 65.5 Å². The number of carbonyl (C=O) groups excluding carboxylic acids is 2. The fourth-order valence-electron chi connectivity index (χ4n) is 1.78. The van der Waals surface area contributed by atoms with E-state index in [0.717, 1.165) is 0 Å². The van der Waals surface area contributed by atoms with Gasteiger partial charge in [-0.05, 0) is 54.7 Å². The number of thiocarbonyl (C=S) groups is 1. The fourth-order valence-corrected chi connectivity index (χ4v) is 1.99. The Hall–Kier alpha value is -2.80. The number of esters is 1. The van der Waals surface area contributed by atoms with Gasteiger partial charge in [0.15, 0.2) is 5.11 Å². The molecule has 0 fully saturated rings. The first-order valence-corrected chi connectivity index (χ1v) is 6.96. The van der Waals surface area contributed by atoms with E-state index >= 15 is 0 Å². The van der Waals surface area contributed by atoms with Crippen molar-refractivity contribution in [2.24, 2.45) is 0 Å². The lowest BCUT2D eigenvalue weighted by molar-refractivity contribution is 0.0600. The number of amides is 1. The molecule has 0 heterocycles. The van der Waals surface area contributed by atoms with Crippen molar-refractivity contribution >= 4 is 34.9 Å². The SMILES string of the molecule is COC(=O)c1cccc(C(=O)NC(=S)Nc2ccc(F)cc2)c1. The first-order valence-electron chi connectivity index (χ1n) is 6.56. The van der Waals surface area contributed by atoms with Gasteiger partial charge in [-0.1, -0.05) is 6.07 Å². The van der Waals surface area contributed by atoms with E-state index in [1.54, 1.807) is 12.1 Å². The van der Waals surface area contributed by atoms with E-state index in [0.29, 0.717) is 5.69 Å². The molecule has 7 heteroatoms. The summed E-state index contributed by atoms with van der Waals surface area (Å²) in [5.41, 5.74) is 1.06. The second-order valence-corrected chi connectivity index (χ2v) is 4.90. The number of hydrogen-bond donors (Lipinski definition) is 2. The van der Waals surface area contributed by atoms with Gasteiger partial charge < -0.3 is 10.1 Å². The number of hydrogen-bond acceptors (Lipinski definition) is 4. The summed E-state index contributed by atoms with van der Waals surface area (Å²) < 4.78 is 17.4. The Morgan fingerprint density at radius 1 is 1.09 bits per heavy atom. The number of ether oxygens (including phenoxy) is 1. The predicted octanol–water partition coefficient (Wildman–Crippen LogP) is 2.74. The third-order valence-corrected chi connectivity index (χ3v) is 3.08. The minimum atomic E-state index is -0.535. The molecule has 5 nitrogen and oxygen atoms in total. The monoisotopic (exact) mass is 332 g/mol. The van der Waals surface area contributed by atoms with Crippen LogP contribution in [-0.2, 0) is 4.74 Å². The van der Waals surface area contributed by atoms with Crippen LogP contribution in [0.1, 0.15) is 20.7 Å². The number of rotatable bonds is 3. The van der Waals surface area contributed by atoms with Crippen LogP contribution in [0, 0.1) is 5.82 Å². The average molecular weight is 332 g/mol. The van der Waals surface area contributed by atoms with Gasteiger partial charge in [0.25, 0.3) is 5.91 Å². The largest absolute Gasteiger partial charge is 0.465 e. The molecule has 0 bridgehead atoms. The smallest absolute Gasteiger partial charge is 0.337 e. The summed E-state index contributed by atoms with van der Waals surface area (Å²) in [5, 5.41) is 5.30. The highest BCUT2D eigenvalue weighted by Gasteiger charge is 2.12. The molecule has 2 aromatic rings. The zero-order valence-corrected chi connectivity index (χ0v) is 12.9. The predicted molar refractivity (Wildman–Crippen MR) is 87.9 cm³/mol. The summed E-state index contributed by atoms with van der Waals surface area (Å²) in [6, 6.07) is 11.6. The molecule has 0 radical (unpaired) electrons. The molecule has 0 spiro atoms. The molecular formula is C16H13FN2O3S. The molecule has 0 atom stereocenters. The van der Waals surface area contributed by atoms with Crippen LogP contribution in [0.2, 0.25) is 0 Å².